The van der Waals surface area contributed by atoms with Gasteiger partial charge < -0.3 is 14.4 Å². The van der Waals surface area contributed by atoms with Crippen molar-refractivity contribution in [2.75, 3.05) is 27.3 Å². The molecular weight excluding hydrogens is 338 g/mol. The van der Waals surface area contributed by atoms with Gasteiger partial charge in [0.2, 0.25) is 5.91 Å². The van der Waals surface area contributed by atoms with Gasteiger partial charge in [0, 0.05) is 18.7 Å². The quantitative estimate of drug-likeness (QED) is 0.695. The summed E-state index contributed by atoms with van der Waals surface area (Å²) < 4.78 is 10.9. The summed E-state index contributed by atoms with van der Waals surface area (Å²) in [6.07, 6.45) is 3.30. The van der Waals surface area contributed by atoms with Gasteiger partial charge in [-0.1, -0.05) is 35.4 Å². The van der Waals surface area contributed by atoms with Crippen molar-refractivity contribution < 1.29 is 14.3 Å². The highest BCUT2D eigenvalue weighted by atomic mass is 35.5. The maximum absolute atomic E-state index is 12.2. The van der Waals surface area contributed by atoms with Crippen molar-refractivity contribution in [2.45, 2.75) is 6.92 Å². The fourth-order valence-corrected chi connectivity index (χ4v) is 2.43. The van der Waals surface area contributed by atoms with Crippen molar-refractivity contribution in [3.63, 3.8) is 0 Å². The molecule has 0 aromatic heterocycles. The number of ether oxygens (including phenoxy) is 2. The van der Waals surface area contributed by atoms with Crippen LogP contribution in [-0.2, 0) is 4.79 Å². The van der Waals surface area contributed by atoms with E-state index in [0.717, 1.165) is 16.9 Å². The molecular formula is C20H22ClNO3. The summed E-state index contributed by atoms with van der Waals surface area (Å²) in [5.41, 5.74) is 1.98. The van der Waals surface area contributed by atoms with Gasteiger partial charge in [0.25, 0.3) is 0 Å². The molecule has 0 fully saturated rings. The standard InChI is InChI=1S/C20H22ClNO3/c1-15-8-10-18(24-3)16(14-15)9-11-20(23)22(2)12-13-25-19-7-5-4-6-17(19)21/h4-11,14H,12-13H2,1-3H3/b11-9+. The molecule has 2 aromatic rings. The molecule has 1 amide bonds. The highest BCUT2D eigenvalue weighted by molar-refractivity contribution is 6.32. The molecule has 0 spiro atoms. The SMILES string of the molecule is COc1ccc(C)cc1/C=C/C(=O)N(C)CCOc1ccccc1Cl. The molecule has 0 aliphatic heterocycles. The fraction of sp³-hybridized carbons (Fsp3) is 0.250. The van der Waals surface area contributed by atoms with Crippen molar-refractivity contribution in [2.24, 2.45) is 0 Å². The second-order valence-electron chi connectivity index (χ2n) is 5.62. The van der Waals surface area contributed by atoms with E-state index in [2.05, 4.69) is 0 Å². The third kappa shape index (κ3) is 5.54. The lowest BCUT2D eigenvalue weighted by Crippen LogP contribution is -2.29. The Labute approximate surface area is 153 Å². The average Bonchev–Trinajstić information content (AvgIpc) is 2.61. The molecule has 2 aromatic carbocycles. The largest absolute Gasteiger partial charge is 0.496 e. The molecule has 2 rings (SSSR count). The van der Waals surface area contributed by atoms with E-state index in [4.69, 9.17) is 21.1 Å². The molecule has 25 heavy (non-hydrogen) atoms. The van der Waals surface area contributed by atoms with Crippen LogP contribution in [0.4, 0.5) is 0 Å². The highest BCUT2D eigenvalue weighted by Crippen LogP contribution is 2.23. The normalized spacial score (nSPS) is 10.7. The van der Waals surface area contributed by atoms with Crippen molar-refractivity contribution in [1.29, 1.82) is 0 Å². The highest BCUT2D eigenvalue weighted by Gasteiger charge is 2.07. The molecule has 4 nitrogen and oxygen atoms in total. The number of para-hydroxylation sites is 1. The number of likely N-dealkylation sites (N-methyl/N-ethyl adjacent to an activating group) is 1. The van der Waals surface area contributed by atoms with Gasteiger partial charge in [-0.3, -0.25) is 4.79 Å². The first-order valence-corrected chi connectivity index (χ1v) is 8.34. The second-order valence-corrected chi connectivity index (χ2v) is 6.02. The summed E-state index contributed by atoms with van der Waals surface area (Å²) in [6, 6.07) is 13.1. The van der Waals surface area contributed by atoms with Gasteiger partial charge in [0.15, 0.2) is 0 Å². The number of amides is 1. The van der Waals surface area contributed by atoms with Crippen LogP contribution < -0.4 is 9.47 Å². The molecule has 5 heteroatoms. The van der Waals surface area contributed by atoms with Gasteiger partial charge >= 0.3 is 0 Å². The number of aryl methyl sites for hydroxylation is 1. The molecule has 0 aliphatic carbocycles. The number of hydrogen-bond acceptors (Lipinski definition) is 3. The maximum atomic E-state index is 12.2. The molecule has 0 radical (unpaired) electrons. The fourth-order valence-electron chi connectivity index (χ4n) is 2.24. The van der Waals surface area contributed by atoms with E-state index in [1.165, 1.54) is 6.08 Å². The summed E-state index contributed by atoms with van der Waals surface area (Å²) in [5.74, 6) is 1.25. The molecule has 0 heterocycles. The number of carbonyl (C=O) groups excluding carboxylic acids is 1. The molecule has 0 atom stereocenters. The number of nitrogens with zero attached hydrogens (tertiary/aromatic N) is 1. The van der Waals surface area contributed by atoms with Crippen LogP contribution in [0.5, 0.6) is 11.5 Å². The molecule has 0 saturated heterocycles. The van der Waals surface area contributed by atoms with E-state index >= 15 is 0 Å². The molecule has 0 unspecified atom stereocenters. The van der Waals surface area contributed by atoms with Gasteiger partial charge in [-0.2, -0.15) is 0 Å². The number of methoxy groups -OCH3 is 1. The van der Waals surface area contributed by atoms with E-state index in [0.29, 0.717) is 23.9 Å². The van der Waals surface area contributed by atoms with Crippen LogP contribution in [-0.4, -0.2) is 38.1 Å². The monoisotopic (exact) mass is 359 g/mol. The molecule has 0 N–H and O–H groups in total. The second kappa shape index (κ2) is 9.14. The minimum absolute atomic E-state index is 0.105. The first-order chi connectivity index (χ1) is 12.0. The molecule has 132 valence electrons. The van der Waals surface area contributed by atoms with E-state index < -0.39 is 0 Å². The Balaban J connectivity index is 1.90. The van der Waals surface area contributed by atoms with Crippen LogP contribution in [0.3, 0.4) is 0 Å². The van der Waals surface area contributed by atoms with E-state index in [1.54, 1.807) is 37.3 Å². The Morgan fingerprint density at radius 3 is 2.68 bits per heavy atom. The Kier molecular flexibility index (Phi) is 6.90. The first kappa shape index (κ1) is 18.9. The van der Waals surface area contributed by atoms with Crippen LogP contribution in [0.25, 0.3) is 6.08 Å². The summed E-state index contributed by atoms with van der Waals surface area (Å²) in [4.78, 5) is 13.8. The number of benzene rings is 2. The lowest BCUT2D eigenvalue weighted by molar-refractivity contribution is -0.125. The molecule has 0 bridgehead atoms. The van der Waals surface area contributed by atoms with Crippen LogP contribution in [0.1, 0.15) is 11.1 Å². The van der Waals surface area contributed by atoms with Gasteiger partial charge in [-0.05, 0) is 37.3 Å². The zero-order valence-corrected chi connectivity index (χ0v) is 15.4. The van der Waals surface area contributed by atoms with Gasteiger partial charge in [0.1, 0.15) is 18.1 Å². The maximum Gasteiger partial charge on any atom is 0.246 e. The lowest BCUT2D eigenvalue weighted by atomic mass is 10.1. The van der Waals surface area contributed by atoms with Crippen molar-refractivity contribution in [3.8, 4) is 11.5 Å². The van der Waals surface area contributed by atoms with E-state index in [-0.39, 0.29) is 5.91 Å². The van der Waals surface area contributed by atoms with Crippen LogP contribution in [0.15, 0.2) is 48.5 Å². The van der Waals surface area contributed by atoms with Crippen molar-refractivity contribution in [3.05, 3.63) is 64.7 Å². The number of carbonyl (C=O) groups is 1. The summed E-state index contributed by atoms with van der Waals surface area (Å²) in [6.45, 7) is 2.82. The number of hydrogen-bond donors (Lipinski definition) is 0. The minimum Gasteiger partial charge on any atom is -0.496 e. The van der Waals surface area contributed by atoms with Gasteiger partial charge in [-0.15, -0.1) is 0 Å². The molecule has 0 saturated carbocycles. The van der Waals surface area contributed by atoms with E-state index in [1.807, 2.05) is 37.3 Å². The van der Waals surface area contributed by atoms with Crippen LogP contribution in [0, 0.1) is 6.92 Å². The zero-order valence-electron chi connectivity index (χ0n) is 14.7. The number of halogens is 1. The van der Waals surface area contributed by atoms with Gasteiger partial charge in [-0.25, -0.2) is 0 Å². The summed E-state index contributed by atoms with van der Waals surface area (Å²) in [5, 5.41) is 0.558. The summed E-state index contributed by atoms with van der Waals surface area (Å²) >= 11 is 6.03. The van der Waals surface area contributed by atoms with Crippen LogP contribution >= 0.6 is 11.6 Å². The average molecular weight is 360 g/mol. The summed E-state index contributed by atoms with van der Waals surface area (Å²) in [7, 11) is 3.35. The number of rotatable bonds is 7. The Bertz CT molecular complexity index is 758. The first-order valence-electron chi connectivity index (χ1n) is 7.96. The Morgan fingerprint density at radius 2 is 1.96 bits per heavy atom. The van der Waals surface area contributed by atoms with E-state index in [9.17, 15) is 4.79 Å². The predicted molar refractivity (Wildman–Crippen MR) is 101 cm³/mol. The third-order valence-electron chi connectivity index (χ3n) is 3.69. The topological polar surface area (TPSA) is 38.8 Å². The molecule has 0 aliphatic rings. The van der Waals surface area contributed by atoms with Crippen LogP contribution in [0.2, 0.25) is 5.02 Å². The lowest BCUT2D eigenvalue weighted by Gasteiger charge is -2.16. The minimum atomic E-state index is -0.105. The third-order valence-corrected chi connectivity index (χ3v) is 4.00. The Hall–Kier alpha value is -2.46. The van der Waals surface area contributed by atoms with Crippen molar-refractivity contribution >= 4 is 23.6 Å². The Morgan fingerprint density at radius 1 is 1.20 bits per heavy atom. The zero-order chi connectivity index (χ0) is 18.2. The predicted octanol–water partition coefficient (Wildman–Crippen LogP) is 4.21. The van der Waals surface area contributed by atoms with Gasteiger partial charge in [0.05, 0.1) is 18.7 Å². The van der Waals surface area contributed by atoms with Crippen molar-refractivity contribution in [1.82, 2.24) is 4.90 Å². The smallest absolute Gasteiger partial charge is 0.246 e.